The molecule has 0 radical (unpaired) electrons. The highest BCUT2D eigenvalue weighted by molar-refractivity contribution is 7.86. The van der Waals surface area contributed by atoms with Gasteiger partial charge in [0.15, 0.2) is 11.4 Å². The van der Waals surface area contributed by atoms with Crippen molar-refractivity contribution in [2.45, 2.75) is 75.5 Å². The van der Waals surface area contributed by atoms with Crippen LogP contribution in [-0.2, 0) is 38.1 Å². The summed E-state index contributed by atoms with van der Waals surface area (Å²) in [5.41, 5.74) is -7.08. The Kier molecular flexibility index (Phi) is 7.80. The highest BCUT2D eigenvalue weighted by Gasteiger charge is 2.76. The zero-order valence-electron chi connectivity index (χ0n) is 26.6. The molecule has 0 amide bonds. The van der Waals surface area contributed by atoms with E-state index in [0.717, 1.165) is 6.92 Å². The van der Waals surface area contributed by atoms with Crippen LogP contribution < -0.4 is 0 Å². The predicted octanol–water partition coefficient (Wildman–Crippen LogP) is 4.48. The fourth-order valence-electron chi connectivity index (χ4n) is 7.88. The predicted molar refractivity (Wildman–Crippen MR) is 165 cm³/mol. The van der Waals surface area contributed by atoms with Gasteiger partial charge in [0.1, 0.15) is 34.6 Å². The van der Waals surface area contributed by atoms with Crippen molar-refractivity contribution in [3.63, 3.8) is 0 Å². The summed E-state index contributed by atoms with van der Waals surface area (Å²) in [6.07, 6.45) is -2.52. The number of carbonyl (C=O) groups is 3. The van der Waals surface area contributed by atoms with E-state index in [4.69, 9.17) is 18.4 Å². The molecule has 0 spiro atoms. The van der Waals surface area contributed by atoms with Gasteiger partial charge in [0.2, 0.25) is 0 Å². The molecule has 12 heteroatoms. The molecule has 47 heavy (non-hydrogen) atoms. The van der Waals surface area contributed by atoms with Crippen LogP contribution in [0.1, 0.15) is 51.4 Å². The number of hydrogen-bond donors (Lipinski definition) is 1. The van der Waals surface area contributed by atoms with E-state index in [9.17, 15) is 27.9 Å². The lowest BCUT2D eigenvalue weighted by molar-refractivity contribution is -0.334. The van der Waals surface area contributed by atoms with Gasteiger partial charge < -0.3 is 23.5 Å². The minimum absolute atomic E-state index is 0.103. The van der Waals surface area contributed by atoms with Gasteiger partial charge >= 0.3 is 22.1 Å². The number of benzene rings is 2. The molecular weight excluding hydrogens is 631 g/mol. The number of aliphatic hydroxyl groups is 1. The molecule has 3 aliphatic carbocycles. The molecule has 10 nitrogen and oxygen atoms in total. The quantitative estimate of drug-likeness (QED) is 0.346. The number of esters is 2. The maximum Gasteiger partial charge on any atom is 0.338 e. The van der Waals surface area contributed by atoms with Crippen molar-refractivity contribution >= 4 is 27.8 Å². The van der Waals surface area contributed by atoms with Crippen molar-refractivity contribution in [1.82, 2.24) is 0 Å². The van der Waals surface area contributed by atoms with Crippen molar-refractivity contribution < 1.29 is 50.7 Å². The minimum atomic E-state index is -4.44. The molecule has 6 rings (SSSR count). The van der Waals surface area contributed by atoms with Crippen LogP contribution >= 0.6 is 0 Å². The third kappa shape index (κ3) is 4.86. The number of rotatable bonds is 6. The van der Waals surface area contributed by atoms with Gasteiger partial charge in [-0.25, -0.2) is 9.18 Å². The summed E-state index contributed by atoms with van der Waals surface area (Å²) in [5, 5.41) is 13.1. The molecule has 1 N–H and O–H groups in total. The van der Waals surface area contributed by atoms with Gasteiger partial charge in [-0.3, -0.25) is 9.59 Å². The van der Waals surface area contributed by atoms with Crippen LogP contribution in [-0.4, -0.2) is 67.4 Å². The lowest BCUT2D eigenvalue weighted by Gasteiger charge is -2.65. The summed E-state index contributed by atoms with van der Waals surface area (Å²) >= 11 is 0. The van der Waals surface area contributed by atoms with E-state index < -0.39 is 80.1 Å². The van der Waals surface area contributed by atoms with Crippen molar-refractivity contribution in [3.8, 4) is 0 Å². The summed E-state index contributed by atoms with van der Waals surface area (Å²) < 4.78 is 66.9. The van der Waals surface area contributed by atoms with Crippen LogP contribution in [0.4, 0.5) is 4.39 Å². The summed E-state index contributed by atoms with van der Waals surface area (Å²) in [6.45, 7) is 7.15. The maximum atomic E-state index is 16.5. The van der Waals surface area contributed by atoms with Gasteiger partial charge in [-0.15, -0.1) is 0 Å². The van der Waals surface area contributed by atoms with Gasteiger partial charge in [-0.05, 0) is 48.9 Å². The first-order valence-corrected chi connectivity index (χ1v) is 16.8. The molecule has 1 heterocycles. The minimum Gasteiger partial charge on any atom is -0.455 e. The second-order valence-electron chi connectivity index (χ2n) is 13.5. The molecular formula is C35H37FO10S. The number of fused-ring (bicyclic) bond motifs is 5. The third-order valence-electron chi connectivity index (χ3n) is 10.6. The Labute approximate surface area is 272 Å². The second kappa shape index (κ2) is 11.1. The third-order valence-corrected chi connectivity index (χ3v) is 11.9. The van der Waals surface area contributed by atoms with E-state index in [1.165, 1.54) is 55.5 Å². The number of ether oxygens (including phenoxy) is 3. The Bertz CT molecular complexity index is 1790. The fraction of sp³-hybridized carbons (Fsp3) is 0.457. The molecule has 1 saturated carbocycles. The van der Waals surface area contributed by atoms with Crippen LogP contribution in [0, 0.1) is 22.7 Å². The largest absolute Gasteiger partial charge is 0.455 e. The first-order chi connectivity index (χ1) is 22.0. The van der Waals surface area contributed by atoms with Gasteiger partial charge in [0.25, 0.3) is 0 Å². The highest BCUT2D eigenvalue weighted by atomic mass is 32.2. The number of carbonyl (C=O) groups excluding carboxylic acids is 3. The molecule has 8 atom stereocenters. The van der Waals surface area contributed by atoms with E-state index >= 15 is 4.39 Å². The van der Waals surface area contributed by atoms with Gasteiger partial charge in [-0.2, -0.15) is 8.42 Å². The zero-order chi connectivity index (χ0) is 34.2. The first-order valence-electron chi connectivity index (χ1n) is 15.4. The monoisotopic (exact) mass is 668 g/mol. The van der Waals surface area contributed by atoms with Crippen molar-refractivity contribution in [1.29, 1.82) is 0 Å². The molecule has 1 saturated heterocycles. The normalized spacial score (nSPS) is 36.8. The average Bonchev–Trinajstić information content (AvgIpc) is 3.02. The van der Waals surface area contributed by atoms with Crippen LogP contribution in [0.5, 0.6) is 0 Å². The molecule has 0 aromatic heterocycles. The van der Waals surface area contributed by atoms with Gasteiger partial charge in [0.05, 0.1) is 23.5 Å². The molecule has 2 aromatic carbocycles. The number of allylic oxidation sites excluding steroid dienone is 2. The van der Waals surface area contributed by atoms with Crippen molar-refractivity contribution in [2.75, 3.05) is 6.61 Å². The smallest absolute Gasteiger partial charge is 0.338 e. The van der Waals surface area contributed by atoms with E-state index in [-0.39, 0.29) is 34.8 Å². The molecule has 2 aromatic rings. The standard InChI is InChI=1S/C35H37FO10S/c1-20-24-16-27(38)33(5)26(36)17-28-34(19-43-28,45-21(2)37)29(33)30(44-31(39)22-12-8-6-9-13-22)35(40,32(24,3)4)18-25(20)46-47(41,42)23-14-10-7-11-15-23/h6-16,18,20,26,28-30,40H,17,19H2,1-5H3/b24-16-/t20-,26-,28-,29+,30+,33+,34+,35-/m1/s1. The van der Waals surface area contributed by atoms with Gasteiger partial charge in [0, 0.05) is 24.7 Å². The van der Waals surface area contributed by atoms with Crippen molar-refractivity contribution in [2.24, 2.45) is 22.7 Å². The highest BCUT2D eigenvalue weighted by Crippen LogP contribution is 2.63. The topological polar surface area (TPSA) is 142 Å². The zero-order valence-corrected chi connectivity index (χ0v) is 27.5. The Morgan fingerprint density at radius 3 is 2.21 bits per heavy atom. The second-order valence-corrected chi connectivity index (χ2v) is 15.1. The first kappa shape index (κ1) is 33.0. The van der Waals surface area contributed by atoms with Crippen LogP contribution in [0.2, 0.25) is 0 Å². The summed E-state index contributed by atoms with van der Waals surface area (Å²) in [4.78, 5) is 40.8. The summed E-state index contributed by atoms with van der Waals surface area (Å²) in [6, 6.07) is 15.3. The van der Waals surface area contributed by atoms with Crippen LogP contribution in [0.15, 0.2) is 89.0 Å². The summed E-state index contributed by atoms with van der Waals surface area (Å²) in [5.74, 6) is -4.94. The Hall–Kier alpha value is -3.87. The number of hydrogen-bond acceptors (Lipinski definition) is 10. The fourth-order valence-corrected chi connectivity index (χ4v) is 8.91. The number of halogens is 1. The number of ketones is 1. The van der Waals surface area contributed by atoms with Crippen LogP contribution in [0.3, 0.4) is 0 Å². The SMILES string of the molecule is CC(=O)O[C@@]12CO[C@@H]1C[C@@H](F)[C@@]1(C)C(=O)/C=C3/[C@@H](C)C(OS(=O)(=O)c4ccccc4)=C[C@@](O)([C@@H](OC(=O)c4ccccc4)[C@H]21)C3(C)C. The molecule has 2 fully saturated rings. The van der Waals surface area contributed by atoms with Gasteiger partial charge in [-0.1, -0.05) is 57.2 Å². The van der Waals surface area contributed by atoms with Crippen LogP contribution in [0.25, 0.3) is 0 Å². The lowest BCUT2D eigenvalue weighted by Crippen LogP contribution is -2.79. The van der Waals surface area contributed by atoms with Crippen molar-refractivity contribution in [3.05, 3.63) is 89.7 Å². The van der Waals surface area contributed by atoms with E-state index in [1.54, 1.807) is 45.0 Å². The molecule has 1 aliphatic heterocycles. The van der Waals surface area contributed by atoms with E-state index in [2.05, 4.69) is 0 Å². The molecule has 2 bridgehead atoms. The Morgan fingerprint density at radius 2 is 1.64 bits per heavy atom. The average molecular weight is 669 g/mol. The Balaban J connectivity index is 1.62. The summed E-state index contributed by atoms with van der Waals surface area (Å²) in [7, 11) is -4.44. The molecule has 4 aliphatic rings. The maximum absolute atomic E-state index is 16.5. The molecule has 0 unspecified atom stereocenters. The Morgan fingerprint density at radius 1 is 1.02 bits per heavy atom. The van der Waals surface area contributed by atoms with E-state index in [1.807, 2.05) is 0 Å². The number of alkyl halides is 1. The lowest BCUT2D eigenvalue weighted by atomic mass is 9.46. The molecule has 250 valence electrons. The van der Waals surface area contributed by atoms with E-state index in [0.29, 0.717) is 0 Å².